The highest BCUT2D eigenvalue weighted by molar-refractivity contribution is 7.99. The number of hydrogen-bond acceptors (Lipinski definition) is 15. The molecule has 1 aliphatic rings. The number of carboxylic acids is 3. The van der Waals surface area contributed by atoms with E-state index in [1.54, 1.807) is 0 Å². The molecule has 1 amide bonds. The van der Waals surface area contributed by atoms with Gasteiger partial charge < -0.3 is 55.1 Å². The van der Waals surface area contributed by atoms with E-state index in [4.69, 9.17) is 4.74 Å². The van der Waals surface area contributed by atoms with Crippen LogP contribution in [0.1, 0.15) is 38.8 Å². The Labute approximate surface area is 231 Å². The summed E-state index contributed by atoms with van der Waals surface area (Å²) in [6, 6.07) is 0. The van der Waals surface area contributed by atoms with Gasteiger partial charge in [0.1, 0.15) is 17.3 Å². The van der Waals surface area contributed by atoms with Crippen LogP contribution < -0.4 is 20.6 Å². The third-order valence-electron chi connectivity index (χ3n) is 6.02. The molecule has 1 saturated heterocycles. The van der Waals surface area contributed by atoms with E-state index < -0.39 is 96.7 Å². The van der Waals surface area contributed by atoms with E-state index in [-0.39, 0.29) is 16.5 Å². The largest absolute Gasteiger partial charge is 0.550 e. The molecular weight excluding hydrogens is 587 g/mol. The van der Waals surface area contributed by atoms with Gasteiger partial charge in [0.05, 0.1) is 18.9 Å². The molecule has 20 heteroatoms. The first kappa shape index (κ1) is 31.9. The molecule has 0 aliphatic carbocycles. The highest BCUT2D eigenvalue weighted by Gasteiger charge is 2.68. The van der Waals surface area contributed by atoms with Gasteiger partial charge in [-0.2, -0.15) is 13.2 Å². The first-order valence-electron chi connectivity index (χ1n) is 11.5. The number of rotatable bonds is 12. The fourth-order valence-corrected chi connectivity index (χ4v) is 5.21. The zero-order valence-electron chi connectivity index (χ0n) is 20.8. The van der Waals surface area contributed by atoms with Crippen LogP contribution in [0.2, 0.25) is 0 Å². The number of nitrogens with zero attached hydrogens (tertiary/aromatic N) is 4. The number of ether oxygens (including phenoxy) is 1. The minimum absolute atomic E-state index is 0.262. The number of hydrogen-bond donors (Lipinski definition) is 4. The topological polar surface area (TPSA) is 263 Å². The third-order valence-corrected chi connectivity index (χ3v) is 6.87. The summed E-state index contributed by atoms with van der Waals surface area (Å²) in [5, 5.41) is 69.5. The second-order valence-electron chi connectivity index (χ2n) is 9.07. The minimum atomic E-state index is -4.52. The van der Waals surface area contributed by atoms with Crippen molar-refractivity contribution in [1.82, 2.24) is 19.5 Å². The first-order valence-corrected chi connectivity index (χ1v) is 12.5. The van der Waals surface area contributed by atoms with Gasteiger partial charge in [0, 0.05) is 49.8 Å². The maximum Gasteiger partial charge on any atom is 0.389 e. The second kappa shape index (κ2) is 11.7. The molecule has 3 rings (SSSR count). The Kier molecular flexibility index (Phi) is 9.13. The van der Waals surface area contributed by atoms with E-state index in [1.807, 2.05) is 0 Å². The van der Waals surface area contributed by atoms with Crippen molar-refractivity contribution in [2.45, 2.75) is 73.6 Å². The van der Waals surface area contributed by atoms with Crippen molar-refractivity contribution in [3.63, 3.8) is 0 Å². The van der Waals surface area contributed by atoms with Crippen LogP contribution >= 0.6 is 11.8 Å². The van der Waals surface area contributed by atoms with Crippen LogP contribution in [0.25, 0.3) is 11.2 Å². The molecule has 4 N–H and O–H groups in total. The van der Waals surface area contributed by atoms with E-state index in [9.17, 15) is 63.0 Å². The number of aliphatic carboxylic acids is 3. The van der Waals surface area contributed by atoms with Crippen molar-refractivity contribution in [2.24, 2.45) is 0 Å². The molecule has 3 heterocycles. The Balaban J connectivity index is 2.22. The van der Waals surface area contributed by atoms with Gasteiger partial charge >= 0.3 is 6.18 Å². The molecule has 1 unspecified atom stereocenters. The predicted octanol–water partition coefficient (Wildman–Crippen LogP) is -4.03. The molecule has 0 bridgehead atoms. The molecule has 2 aromatic heterocycles. The predicted molar refractivity (Wildman–Crippen MR) is 120 cm³/mol. The molecule has 0 radical (unpaired) electrons. The lowest BCUT2D eigenvalue weighted by Gasteiger charge is -2.42. The van der Waals surface area contributed by atoms with Crippen LogP contribution in [0.5, 0.6) is 0 Å². The lowest BCUT2D eigenvalue weighted by atomic mass is 9.73. The molecular formula is C21H21F3N5O11S-3. The van der Waals surface area contributed by atoms with Gasteiger partial charge in [0.15, 0.2) is 28.4 Å². The van der Waals surface area contributed by atoms with Crippen LogP contribution in [0.4, 0.5) is 19.0 Å². The molecule has 1 fully saturated rings. The first-order chi connectivity index (χ1) is 18.9. The summed E-state index contributed by atoms with van der Waals surface area (Å²) < 4.78 is 44.2. The number of carbonyl (C=O) groups is 4. The molecule has 226 valence electrons. The third kappa shape index (κ3) is 6.84. The van der Waals surface area contributed by atoms with Gasteiger partial charge in [-0.05, 0) is 0 Å². The van der Waals surface area contributed by atoms with E-state index in [0.29, 0.717) is 11.8 Å². The number of alkyl halides is 3. The summed E-state index contributed by atoms with van der Waals surface area (Å²) in [6.45, 7) is 1.07. The second-order valence-corrected chi connectivity index (χ2v) is 10.1. The summed E-state index contributed by atoms with van der Waals surface area (Å²) in [5.74, 6) is -7.58. The standard InChI is InChI=1S/C21H24F3N5O11S/c1-8(30)26-15-13-16(28-18(27-15)41-3-2-21(22,23)24)29(7-25-13)17-20(39,6-12(36)37)19(38,5-11(34)35)14(40-17)9(31)4-10(32)33/h7,9,14,17,31,38-39H,2-6H2,1H3,(H,32,33)(H,34,35)(H,36,37)(H,26,27,28,30)/p-3/t9?,14-,17-,19-,20+/m1/s1. The van der Waals surface area contributed by atoms with Crippen LogP contribution in [0.3, 0.4) is 0 Å². The molecule has 16 nitrogen and oxygen atoms in total. The zero-order valence-corrected chi connectivity index (χ0v) is 21.6. The number of carboxylic acid groups (broad SMARTS) is 3. The van der Waals surface area contributed by atoms with Crippen LogP contribution in [0, 0.1) is 0 Å². The number of amides is 1. The zero-order chi connectivity index (χ0) is 30.9. The maximum absolute atomic E-state index is 12.7. The number of halogens is 3. The number of thioether (sulfide) groups is 1. The summed E-state index contributed by atoms with van der Waals surface area (Å²) >= 11 is 0.499. The fraction of sp³-hybridized carbons (Fsp3) is 0.571. The smallest absolute Gasteiger partial charge is 0.389 e. The van der Waals surface area contributed by atoms with Crippen molar-refractivity contribution in [1.29, 1.82) is 0 Å². The SMILES string of the molecule is CC(=O)Nc1nc(SCCC(F)(F)F)nc2c1ncn2[C@@H]1O[C@H](C(O)CC(=O)[O-])[C@](O)(CC(=O)[O-])[C@]1(O)CC(=O)[O-]. The van der Waals surface area contributed by atoms with Crippen LogP contribution in [-0.4, -0.2) is 94.0 Å². The monoisotopic (exact) mass is 608 g/mol. The Morgan fingerprint density at radius 2 is 1.73 bits per heavy atom. The molecule has 5 atom stereocenters. The number of aliphatic hydroxyl groups is 3. The number of nitrogens with one attached hydrogen (secondary N) is 1. The molecule has 1 aliphatic heterocycles. The Morgan fingerprint density at radius 3 is 2.27 bits per heavy atom. The fourth-order valence-electron chi connectivity index (χ4n) is 4.39. The van der Waals surface area contributed by atoms with Crippen molar-refractivity contribution in [3.8, 4) is 0 Å². The molecule has 41 heavy (non-hydrogen) atoms. The number of imidazole rings is 1. The van der Waals surface area contributed by atoms with Gasteiger partial charge in [-0.3, -0.25) is 9.36 Å². The van der Waals surface area contributed by atoms with Crippen molar-refractivity contribution >= 4 is 52.6 Å². The molecule has 0 saturated carbocycles. The summed E-state index contributed by atoms with van der Waals surface area (Å²) in [6.07, 6.45) is -16.1. The normalized spacial score (nSPS) is 25.2. The average Bonchev–Trinajstić information content (AvgIpc) is 3.28. The Morgan fingerprint density at radius 1 is 1.12 bits per heavy atom. The van der Waals surface area contributed by atoms with Crippen molar-refractivity contribution < 1.29 is 67.7 Å². The highest BCUT2D eigenvalue weighted by atomic mass is 32.2. The quantitative estimate of drug-likeness (QED) is 0.132. The van der Waals surface area contributed by atoms with Gasteiger partial charge in [-0.1, -0.05) is 11.8 Å². The van der Waals surface area contributed by atoms with Gasteiger partial charge in [-0.15, -0.1) is 0 Å². The molecule has 0 spiro atoms. The van der Waals surface area contributed by atoms with E-state index in [0.717, 1.165) is 17.8 Å². The lowest BCUT2D eigenvalue weighted by molar-refractivity contribution is -0.321. The summed E-state index contributed by atoms with van der Waals surface area (Å²) in [4.78, 5) is 57.9. The highest BCUT2D eigenvalue weighted by Crippen LogP contribution is 2.51. The summed E-state index contributed by atoms with van der Waals surface area (Å²) in [5.41, 5.74) is -7.12. The van der Waals surface area contributed by atoms with Crippen molar-refractivity contribution in [2.75, 3.05) is 11.1 Å². The van der Waals surface area contributed by atoms with Crippen LogP contribution in [-0.2, 0) is 23.9 Å². The van der Waals surface area contributed by atoms with Gasteiger partial charge in [0.25, 0.3) is 0 Å². The Bertz CT molecular complexity index is 1360. The minimum Gasteiger partial charge on any atom is -0.550 e. The number of carbonyl (C=O) groups excluding carboxylic acids is 4. The molecule has 2 aromatic rings. The van der Waals surface area contributed by atoms with E-state index in [2.05, 4.69) is 20.3 Å². The number of fused-ring (bicyclic) bond motifs is 1. The lowest BCUT2D eigenvalue weighted by Crippen LogP contribution is -2.63. The van der Waals surface area contributed by atoms with Gasteiger partial charge in [0.2, 0.25) is 5.91 Å². The molecule has 0 aromatic carbocycles. The van der Waals surface area contributed by atoms with Gasteiger partial charge in [-0.25, -0.2) is 15.0 Å². The Hall–Kier alpha value is -3.59. The maximum atomic E-state index is 12.7. The number of aromatic nitrogens is 4. The number of aliphatic hydroxyl groups excluding tert-OH is 1. The number of anilines is 1. The van der Waals surface area contributed by atoms with E-state index >= 15 is 0 Å². The van der Waals surface area contributed by atoms with Crippen LogP contribution in [0.15, 0.2) is 11.5 Å². The average molecular weight is 608 g/mol. The van der Waals surface area contributed by atoms with E-state index in [1.165, 1.54) is 0 Å². The van der Waals surface area contributed by atoms with Crippen molar-refractivity contribution in [3.05, 3.63) is 6.33 Å². The summed E-state index contributed by atoms with van der Waals surface area (Å²) in [7, 11) is 0.